The molecule has 2 fully saturated rings. The lowest BCUT2D eigenvalue weighted by Crippen LogP contribution is -2.51. The minimum Gasteiger partial charge on any atom is -0.352 e. The van der Waals surface area contributed by atoms with E-state index >= 15 is 0 Å². The van der Waals surface area contributed by atoms with E-state index in [2.05, 4.69) is 10.2 Å². The number of carbonyl (C=O) groups is 2. The quantitative estimate of drug-likeness (QED) is 0.746. The highest BCUT2D eigenvalue weighted by Gasteiger charge is 2.28. The molecule has 0 atom stereocenters. The van der Waals surface area contributed by atoms with E-state index in [1.807, 2.05) is 11.0 Å². The van der Waals surface area contributed by atoms with Crippen LogP contribution in [0, 0.1) is 0 Å². The Hall–Kier alpha value is -2.13. The van der Waals surface area contributed by atoms with Crippen LogP contribution in [0.1, 0.15) is 35.2 Å². The van der Waals surface area contributed by atoms with Gasteiger partial charge in [0.25, 0.3) is 5.91 Å². The number of hydrogen-bond donors (Lipinski definition) is 1. The second-order valence-electron chi connectivity index (χ2n) is 8.19. The summed E-state index contributed by atoms with van der Waals surface area (Å²) in [5.74, 6) is 0.0313. The molecule has 29 heavy (non-hydrogen) atoms. The lowest BCUT2D eigenvalue weighted by atomic mass is 10.00. The maximum Gasteiger partial charge on any atom is 0.253 e. The maximum atomic E-state index is 12.9. The molecule has 2 heterocycles. The third-order valence-corrected chi connectivity index (χ3v) is 6.95. The van der Waals surface area contributed by atoms with Gasteiger partial charge in [-0.15, -0.1) is 0 Å². The normalized spacial score (nSPS) is 20.3. The molecule has 1 saturated carbocycles. The summed E-state index contributed by atoms with van der Waals surface area (Å²) < 4.78 is 25.4. The summed E-state index contributed by atoms with van der Waals surface area (Å²) in [5.41, 5.74) is 2.18. The lowest BCUT2D eigenvalue weighted by Gasteiger charge is -2.35. The van der Waals surface area contributed by atoms with Gasteiger partial charge in [-0.2, -0.15) is 0 Å². The summed E-state index contributed by atoms with van der Waals surface area (Å²) in [5, 5.41) is 3.00. The van der Waals surface area contributed by atoms with Crippen LogP contribution < -0.4 is 9.62 Å². The van der Waals surface area contributed by atoms with Gasteiger partial charge in [0.1, 0.15) is 0 Å². The van der Waals surface area contributed by atoms with Crippen LogP contribution in [0.3, 0.4) is 0 Å². The molecule has 0 unspecified atom stereocenters. The van der Waals surface area contributed by atoms with Crippen molar-refractivity contribution >= 4 is 27.5 Å². The number of nitrogens with zero attached hydrogens (tertiary/aromatic N) is 3. The fourth-order valence-electron chi connectivity index (χ4n) is 4.04. The van der Waals surface area contributed by atoms with E-state index in [9.17, 15) is 18.0 Å². The van der Waals surface area contributed by atoms with Gasteiger partial charge in [0.15, 0.2) is 0 Å². The Morgan fingerprint density at radius 1 is 1.10 bits per heavy atom. The summed E-state index contributed by atoms with van der Waals surface area (Å²) in [6.45, 7) is 3.39. The monoisotopic (exact) mass is 420 g/mol. The Morgan fingerprint density at radius 3 is 2.48 bits per heavy atom. The SMILES string of the molecule is CS(=O)(=O)N1CCCc2cc(C(=O)N3CCN(CC(=O)NC4CC4)CC3)ccc21. The minimum absolute atomic E-state index is 0.0358. The molecule has 0 spiro atoms. The van der Waals surface area contributed by atoms with Crippen molar-refractivity contribution in [1.82, 2.24) is 15.1 Å². The van der Waals surface area contributed by atoms with E-state index in [0.717, 1.165) is 31.2 Å². The molecule has 0 bridgehead atoms. The lowest BCUT2D eigenvalue weighted by molar-refractivity contribution is -0.122. The first-order valence-corrected chi connectivity index (χ1v) is 12.1. The van der Waals surface area contributed by atoms with E-state index in [-0.39, 0.29) is 11.8 Å². The zero-order valence-electron chi connectivity index (χ0n) is 16.8. The van der Waals surface area contributed by atoms with Gasteiger partial charge in [-0.25, -0.2) is 8.42 Å². The number of aryl methyl sites for hydroxylation is 1. The van der Waals surface area contributed by atoms with Crippen LogP contribution in [0.25, 0.3) is 0 Å². The number of amides is 2. The molecule has 158 valence electrons. The molecule has 1 saturated heterocycles. The van der Waals surface area contributed by atoms with E-state index < -0.39 is 10.0 Å². The Balaban J connectivity index is 1.37. The van der Waals surface area contributed by atoms with Crippen LogP contribution in [0.5, 0.6) is 0 Å². The Morgan fingerprint density at radius 2 is 1.83 bits per heavy atom. The second-order valence-corrected chi connectivity index (χ2v) is 10.1. The topological polar surface area (TPSA) is 90.0 Å². The van der Waals surface area contributed by atoms with E-state index in [1.54, 1.807) is 12.1 Å². The van der Waals surface area contributed by atoms with Crippen molar-refractivity contribution in [3.8, 4) is 0 Å². The van der Waals surface area contributed by atoms with Gasteiger partial charge in [-0.1, -0.05) is 0 Å². The fraction of sp³-hybridized carbons (Fsp3) is 0.600. The molecule has 9 heteroatoms. The first kappa shape index (κ1) is 20.2. The zero-order valence-corrected chi connectivity index (χ0v) is 17.6. The van der Waals surface area contributed by atoms with Crippen molar-refractivity contribution in [3.05, 3.63) is 29.3 Å². The number of piperazine rings is 1. The highest BCUT2D eigenvalue weighted by molar-refractivity contribution is 7.92. The van der Waals surface area contributed by atoms with Crippen LogP contribution in [-0.2, 0) is 21.2 Å². The number of benzene rings is 1. The van der Waals surface area contributed by atoms with Crippen LogP contribution in [0.2, 0.25) is 0 Å². The molecule has 2 aliphatic heterocycles. The smallest absolute Gasteiger partial charge is 0.253 e. The van der Waals surface area contributed by atoms with Crippen molar-refractivity contribution in [2.45, 2.75) is 31.7 Å². The number of sulfonamides is 1. The Kier molecular flexibility index (Phi) is 5.52. The second kappa shape index (κ2) is 7.95. The average Bonchev–Trinajstić information content (AvgIpc) is 3.50. The van der Waals surface area contributed by atoms with Crippen molar-refractivity contribution < 1.29 is 18.0 Å². The van der Waals surface area contributed by atoms with Crippen molar-refractivity contribution in [2.75, 3.05) is 49.8 Å². The molecule has 2 amide bonds. The number of anilines is 1. The van der Waals surface area contributed by atoms with Crippen LogP contribution in [0.4, 0.5) is 5.69 Å². The molecular weight excluding hydrogens is 392 g/mol. The molecule has 4 rings (SSSR count). The molecule has 0 aromatic heterocycles. The molecule has 1 aromatic rings. The third-order valence-electron chi connectivity index (χ3n) is 5.77. The molecule has 0 radical (unpaired) electrons. The van der Waals surface area contributed by atoms with Gasteiger partial charge in [0, 0.05) is 44.3 Å². The van der Waals surface area contributed by atoms with Gasteiger partial charge in [-0.3, -0.25) is 18.8 Å². The summed E-state index contributed by atoms with van der Waals surface area (Å²) in [6, 6.07) is 5.68. The summed E-state index contributed by atoms with van der Waals surface area (Å²) in [4.78, 5) is 28.8. The standard InChI is InChI=1S/C20H28N4O4S/c1-29(27,28)24-8-2-3-15-13-16(4-7-18(15)24)20(26)23-11-9-22(10-12-23)14-19(25)21-17-5-6-17/h4,7,13,17H,2-3,5-6,8-12,14H2,1H3,(H,21,25). The number of nitrogens with one attached hydrogen (secondary N) is 1. The number of rotatable bonds is 5. The van der Waals surface area contributed by atoms with Crippen LogP contribution in [0.15, 0.2) is 18.2 Å². The maximum absolute atomic E-state index is 12.9. The number of carbonyl (C=O) groups excluding carboxylic acids is 2. The minimum atomic E-state index is -3.31. The molecule has 8 nitrogen and oxygen atoms in total. The predicted octanol–water partition coefficient (Wildman–Crippen LogP) is 0.435. The molecule has 1 N–H and O–H groups in total. The third kappa shape index (κ3) is 4.72. The summed E-state index contributed by atoms with van der Waals surface area (Å²) in [6.07, 6.45) is 4.89. The highest BCUT2D eigenvalue weighted by atomic mass is 32.2. The summed E-state index contributed by atoms with van der Waals surface area (Å²) >= 11 is 0. The molecule has 1 aromatic carbocycles. The van der Waals surface area contributed by atoms with E-state index in [4.69, 9.17) is 0 Å². The van der Waals surface area contributed by atoms with Gasteiger partial charge in [-0.05, 0) is 49.4 Å². The Bertz CT molecular complexity index is 905. The van der Waals surface area contributed by atoms with Crippen molar-refractivity contribution in [2.24, 2.45) is 0 Å². The largest absolute Gasteiger partial charge is 0.352 e. The summed E-state index contributed by atoms with van der Waals surface area (Å²) in [7, 11) is -3.31. The zero-order chi connectivity index (χ0) is 20.6. The highest BCUT2D eigenvalue weighted by Crippen LogP contribution is 2.30. The van der Waals surface area contributed by atoms with Gasteiger partial charge in [0.05, 0.1) is 18.5 Å². The predicted molar refractivity (Wildman–Crippen MR) is 110 cm³/mol. The van der Waals surface area contributed by atoms with Crippen molar-refractivity contribution in [1.29, 1.82) is 0 Å². The van der Waals surface area contributed by atoms with Crippen LogP contribution >= 0.6 is 0 Å². The van der Waals surface area contributed by atoms with Gasteiger partial charge >= 0.3 is 0 Å². The fourth-order valence-corrected chi connectivity index (χ4v) is 5.03. The molecule has 1 aliphatic carbocycles. The van der Waals surface area contributed by atoms with Gasteiger partial charge in [0.2, 0.25) is 15.9 Å². The molecule has 3 aliphatic rings. The first-order valence-electron chi connectivity index (χ1n) is 10.2. The van der Waals surface area contributed by atoms with E-state index in [1.165, 1.54) is 10.6 Å². The molecular formula is C20H28N4O4S. The average molecular weight is 421 g/mol. The number of fused-ring (bicyclic) bond motifs is 1. The van der Waals surface area contributed by atoms with E-state index in [0.29, 0.717) is 56.6 Å². The van der Waals surface area contributed by atoms with Gasteiger partial charge < -0.3 is 10.2 Å². The van der Waals surface area contributed by atoms with Crippen molar-refractivity contribution in [3.63, 3.8) is 0 Å². The first-order chi connectivity index (χ1) is 13.8. The Labute approximate surface area is 171 Å². The van der Waals surface area contributed by atoms with Crippen LogP contribution in [-0.4, -0.2) is 81.6 Å². The number of hydrogen-bond acceptors (Lipinski definition) is 5.